The Bertz CT molecular complexity index is 1410. The number of nitrogens with zero attached hydrogens (tertiary/aromatic N) is 3. The summed E-state index contributed by atoms with van der Waals surface area (Å²) >= 11 is 0. The van der Waals surface area contributed by atoms with Crippen molar-refractivity contribution < 1.29 is 18.6 Å². The molecule has 6 rings (SSSR count). The SMILES string of the molecule is COc1ccc(C2Oc3ccccc3C3=C2C(c2ccc(F)cc2)n2ncnc2N3)c(OC)c1. The van der Waals surface area contributed by atoms with Crippen LogP contribution in [0.3, 0.4) is 0 Å². The Balaban J connectivity index is 1.62. The Morgan fingerprint density at radius 3 is 2.62 bits per heavy atom. The molecule has 0 fully saturated rings. The van der Waals surface area contributed by atoms with E-state index in [4.69, 9.17) is 14.2 Å². The zero-order valence-electron chi connectivity index (χ0n) is 18.5. The lowest BCUT2D eigenvalue weighted by Gasteiger charge is -2.39. The van der Waals surface area contributed by atoms with Crippen molar-refractivity contribution in [2.75, 3.05) is 19.5 Å². The molecule has 0 saturated carbocycles. The summed E-state index contributed by atoms with van der Waals surface area (Å²) in [7, 11) is 3.24. The topological polar surface area (TPSA) is 70.4 Å². The van der Waals surface area contributed by atoms with E-state index in [1.165, 1.54) is 18.5 Å². The highest BCUT2D eigenvalue weighted by Crippen LogP contribution is 2.52. The van der Waals surface area contributed by atoms with Crippen LogP contribution in [0.25, 0.3) is 5.70 Å². The van der Waals surface area contributed by atoms with Gasteiger partial charge in [0.2, 0.25) is 5.95 Å². The third-order valence-corrected chi connectivity index (χ3v) is 6.23. The molecule has 1 aromatic heterocycles. The van der Waals surface area contributed by atoms with Gasteiger partial charge in [-0.05, 0) is 42.0 Å². The number of hydrogen-bond acceptors (Lipinski definition) is 6. The first-order valence-corrected chi connectivity index (χ1v) is 10.8. The normalized spacial score (nSPS) is 18.2. The van der Waals surface area contributed by atoms with Gasteiger partial charge < -0.3 is 19.5 Å². The quantitative estimate of drug-likeness (QED) is 0.466. The molecule has 34 heavy (non-hydrogen) atoms. The van der Waals surface area contributed by atoms with Crippen molar-refractivity contribution in [3.05, 3.63) is 101 Å². The molecule has 8 heteroatoms. The van der Waals surface area contributed by atoms with Crippen molar-refractivity contribution in [2.24, 2.45) is 0 Å². The van der Waals surface area contributed by atoms with Crippen LogP contribution < -0.4 is 19.5 Å². The number of hydrogen-bond donors (Lipinski definition) is 1. The zero-order valence-corrected chi connectivity index (χ0v) is 18.5. The maximum Gasteiger partial charge on any atom is 0.226 e. The van der Waals surface area contributed by atoms with Crippen LogP contribution in [0.15, 0.2) is 78.6 Å². The molecule has 0 spiro atoms. The molecule has 2 unspecified atom stereocenters. The molecule has 170 valence electrons. The summed E-state index contributed by atoms with van der Waals surface area (Å²) in [5, 5.41) is 7.95. The van der Waals surface area contributed by atoms with Crippen LogP contribution >= 0.6 is 0 Å². The number of methoxy groups -OCH3 is 2. The van der Waals surface area contributed by atoms with Crippen molar-refractivity contribution >= 4 is 11.6 Å². The second-order valence-corrected chi connectivity index (χ2v) is 8.04. The Labute approximate surface area is 195 Å². The van der Waals surface area contributed by atoms with Crippen LogP contribution in [0.1, 0.15) is 28.8 Å². The van der Waals surface area contributed by atoms with E-state index in [0.29, 0.717) is 17.4 Å². The van der Waals surface area contributed by atoms with Crippen molar-refractivity contribution in [3.63, 3.8) is 0 Å². The second kappa shape index (κ2) is 7.91. The fraction of sp³-hybridized carbons (Fsp3) is 0.154. The summed E-state index contributed by atoms with van der Waals surface area (Å²) in [5.41, 5.74) is 4.43. The van der Waals surface area contributed by atoms with E-state index in [-0.39, 0.29) is 11.9 Å². The summed E-state index contributed by atoms with van der Waals surface area (Å²) in [6.07, 6.45) is 0.998. The first-order chi connectivity index (χ1) is 16.7. The van der Waals surface area contributed by atoms with Crippen LogP contribution in [-0.2, 0) is 0 Å². The van der Waals surface area contributed by atoms with Gasteiger partial charge in [-0.2, -0.15) is 10.1 Å². The highest BCUT2D eigenvalue weighted by atomic mass is 19.1. The first-order valence-electron chi connectivity index (χ1n) is 10.8. The van der Waals surface area contributed by atoms with Crippen LogP contribution in [0.5, 0.6) is 17.2 Å². The largest absolute Gasteiger partial charge is 0.497 e. The van der Waals surface area contributed by atoms with Gasteiger partial charge in [0.25, 0.3) is 0 Å². The first kappa shape index (κ1) is 20.3. The Kier molecular flexibility index (Phi) is 4.72. The van der Waals surface area contributed by atoms with Gasteiger partial charge in [-0.3, -0.25) is 0 Å². The number of aromatic nitrogens is 3. The van der Waals surface area contributed by atoms with Gasteiger partial charge in [0.05, 0.1) is 19.9 Å². The number of rotatable bonds is 4. The number of anilines is 1. The van der Waals surface area contributed by atoms with Crippen LogP contribution in [0.4, 0.5) is 10.3 Å². The minimum absolute atomic E-state index is 0.302. The lowest BCUT2D eigenvalue weighted by Crippen LogP contribution is -2.32. The van der Waals surface area contributed by atoms with Gasteiger partial charge in [0.1, 0.15) is 35.4 Å². The van der Waals surface area contributed by atoms with E-state index in [0.717, 1.165) is 33.7 Å². The van der Waals surface area contributed by atoms with E-state index in [1.807, 2.05) is 42.5 Å². The number of fused-ring (bicyclic) bond motifs is 3. The number of para-hydroxylation sites is 1. The van der Waals surface area contributed by atoms with Gasteiger partial charge in [-0.15, -0.1) is 0 Å². The summed E-state index contributed by atoms with van der Waals surface area (Å²) in [4.78, 5) is 4.42. The maximum absolute atomic E-state index is 13.8. The van der Waals surface area contributed by atoms with E-state index in [9.17, 15) is 4.39 Å². The molecule has 2 aliphatic rings. The number of benzene rings is 3. The van der Waals surface area contributed by atoms with Crippen molar-refractivity contribution in [2.45, 2.75) is 12.1 Å². The van der Waals surface area contributed by atoms with E-state index in [2.05, 4.69) is 15.4 Å². The standard InChI is InChI=1S/C26H21FN4O3/c1-32-17-11-12-19(21(13-17)33-2)25-22-23(18-5-3-4-6-20(18)34-25)30-26-28-14-29-31(26)24(22)15-7-9-16(27)10-8-15/h3-14,24-25H,1-2H3,(H,28,29,30). The fourth-order valence-corrected chi connectivity index (χ4v) is 4.68. The molecular formula is C26H21FN4O3. The summed E-state index contributed by atoms with van der Waals surface area (Å²) in [6.45, 7) is 0. The lowest BCUT2D eigenvalue weighted by atomic mass is 9.84. The molecule has 4 aromatic rings. The highest BCUT2D eigenvalue weighted by molar-refractivity contribution is 5.85. The molecule has 3 aromatic carbocycles. The number of nitrogens with one attached hydrogen (secondary N) is 1. The van der Waals surface area contributed by atoms with E-state index >= 15 is 0 Å². The summed E-state index contributed by atoms with van der Waals surface area (Å²) < 4.78 is 33.4. The monoisotopic (exact) mass is 456 g/mol. The Morgan fingerprint density at radius 1 is 1.00 bits per heavy atom. The van der Waals surface area contributed by atoms with Gasteiger partial charge in [-0.25, -0.2) is 9.07 Å². The minimum atomic E-state index is -0.509. The number of ether oxygens (including phenoxy) is 3. The van der Waals surface area contributed by atoms with E-state index in [1.54, 1.807) is 31.0 Å². The van der Waals surface area contributed by atoms with Gasteiger partial charge >= 0.3 is 0 Å². The van der Waals surface area contributed by atoms with E-state index < -0.39 is 6.10 Å². The Hall–Kier alpha value is -4.33. The average molecular weight is 456 g/mol. The minimum Gasteiger partial charge on any atom is -0.497 e. The predicted octanol–water partition coefficient (Wildman–Crippen LogP) is 4.99. The number of halogens is 1. The molecule has 0 aliphatic carbocycles. The third-order valence-electron chi connectivity index (χ3n) is 6.23. The molecule has 1 N–H and O–H groups in total. The highest BCUT2D eigenvalue weighted by Gasteiger charge is 2.41. The van der Waals surface area contributed by atoms with Gasteiger partial charge in [-0.1, -0.05) is 24.3 Å². The van der Waals surface area contributed by atoms with Crippen LogP contribution in [-0.4, -0.2) is 29.0 Å². The lowest BCUT2D eigenvalue weighted by molar-refractivity contribution is 0.217. The molecule has 0 radical (unpaired) electrons. The summed E-state index contributed by atoms with van der Waals surface area (Å²) in [6, 6.07) is 19.6. The van der Waals surface area contributed by atoms with Gasteiger partial charge in [0.15, 0.2) is 6.10 Å². The van der Waals surface area contributed by atoms with Crippen LogP contribution in [0.2, 0.25) is 0 Å². The predicted molar refractivity (Wildman–Crippen MR) is 124 cm³/mol. The fourth-order valence-electron chi connectivity index (χ4n) is 4.68. The van der Waals surface area contributed by atoms with Crippen molar-refractivity contribution in [3.8, 4) is 17.2 Å². The molecule has 0 bridgehead atoms. The van der Waals surface area contributed by atoms with Crippen molar-refractivity contribution in [1.82, 2.24) is 14.8 Å². The molecule has 0 saturated heterocycles. The average Bonchev–Trinajstić information content (AvgIpc) is 3.35. The molecule has 7 nitrogen and oxygen atoms in total. The molecule has 0 amide bonds. The smallest absolute Gasteiger partial charge is 0.226 e. The molecular weight excluding hydrogens is 435 g/mol. The maximum atomic E-state index is 13.8. The van der Waals surface area contributed by atoms with Crippen molar-refractivity contribution in [1.29, 1.82) is 0 Å². The second-order valence-electron chi connectivity index (χ2n) is 8.04. The van der Waals surface area contributed by atoms with Gasteiger partial charge in [0, 0.05) is 22.8 Å². The van der Waals surface area contributed by atoms with Crippen LogP contribution in [0, 0.1) is 5.82 Å². The third kappa shape index (κ3) is 3.10. The summed E-state index contributed by atoms with van der Waals surface area (Å²) in [5.74, 6) is 2.36. The molecule has 2 aliphatic heterocycles. The molecule has 3 heterocycles. The Morgan fingerprint density at radius 2 is 1.82 bits per heavy atom. The zero-order chi connectivity index (χ0) is 23.2. The molecule has 2 atom stereocenters.